The summed E-state index contributed by atoms with van der Waals surface area (Å²) < 4.78 is 0. The van der Waals surface area contributed by atoms with Gasteiger partial charge in [-0.1, -0.05) is 6.58 Å². The van der Waals surface area contributed by atoms with Crippen molar-refractivity contribution in [2.75, 3.05) is 13.2 Å². The van der Waals surface area contributed by atoms with Crippen LogP contribution in [-0.4, -0.2) is 35.1 Å². The molecule has 1 unspecified atom stereocenters. The molecular formula is C10H17NO2. The van der Waals surface area contributed by atoms with Crippen LogP contribution >= 0.6 is 0 Å². The second-order valence-corrected chi connectivity index (χ2v) is 3.40. The van der Waals surface area contributed by atoms with Crippen molar-refractivity contribution >= 4 is 5.91 Å². The van der Waals surface area contributed by atoms with Crippen LogP contribution in [0.15, 0.2) is 12.7 Å². The third kappa shape index (κ3) is 2.56. The molecule has 0 aromatic carbocycles. The van der Waals surface area contributed by atoms with E-state index in [0.29, 0.717) is 6.42 Å². The fraction of sp³-hybridized carbons (Fsp3) is 0.700. The van der Waals surface area contributed by atoms with E-state index in [4.69, 9.17) is 5.11 Å². The quantitative estimate of drug-likeness (QED) is 0.661. The van der Waals surface area contributed by atoms with Crippen molar-refractivity contribution in [2.24, 2.45) is 0 Å². The zero-order valence-corrected chi connectivity index (χ0v) is 7.91. The molecule has 1 heterocycles. The largest absolute Gasteiger partial charge is 0.396 e. The van der Waals surface area contributed by atoms with E-state index in [-0.39, 0.29) is 18.6 Å². The van der Waals surface area contributed by atoms with Crippen molar-refractivity contribution in [3.63, 3.8) is 0 Å². The van der Waals surface area contributed by atoms with Crippen LogP contribution < -0.4 is 0 Å². The molecule has 0 aromatic heterocycles. The highest BCUT2D eigenvalue weighted by Gasteiger charge is 2.24. The summed E-state index contributed by atoms with van der Waals surface area (Å²) in [5, 5.41) is 8.83. The maximum atomic E-state index is 11.4. The van der Waals surface area contributed by atoms with Gasteiger partial charge < -0.3 is 10.0 Å². The Kier molecular flexibility index (Phi) is 3.96. The molecule has 0 saturated carbocycles. The number of hydrogen-bond donors (Lipinski definition) is 1. The van der Waals surface area contributed by atoms with E-state index in [2.05, 4.69) is 6.58 Å². The first-order valence-electron chi connectivity index (χ1n) is 4.83. The predicted molar refractivity (Wildman–Crippen MR) is 51.3 cm³/mol. The number of amides is 1. The van der Waals surface area contributed by atoms with E-state index in [1.807, 2.05) is 4.90 Å². The van der Waals surface area contributed by atoms with Crippen LogP contribution in [0.25, 0.3) is 0 Å². The topological polar surface area (TPSA) is 40.5 Å². The minimum absolute atomic E-state index is 0.00171. The van der Waals surface area contributed by atoms with Crippen molar-refractivity contribution in [1.82, 2.24) is 4.90 Å². The Morgan fingerprint density at radius 2 is 2.38 bits per heavy atom. The van der Waals surface area contributed by atoms with Gasteiger partial charge in [0.25, 0.3) is 0 Å². The Bertz CT molecular complexity index is 189. The molecule has 1 aliphatic rings. The fourth-order valence-corrected chi connectivity index (χ4v) is 1.86. The van der Waals surface area contributed by atoms with Gasteiger partial charge in [0.1, 0.15) is 0 Å². The average molecular weight is 183 g/mol. The van der Waals surface area contributed by atoms with Gasteiger partial charge in [-0.3, -0.25) is 4.79 Å². The highest BCUT2D eigenvalue weighted by Crippen LogP contribution is 2.19. The zero-order valence-electron chi connectivity index (χ0n) is 7.91. The Morgan fingerprint density at radius 1 is 1.62 bits per heavy atom. The summed E-state index contributed by atoms with van der Waals surface area (Å²) >= 11 is 0. The number of nitrogens with zero attached hydrogens (tertiary/aromatic N) is 1. The molecule has 1 atom stereocenters. The van der Waals surface area contributed by atoms with E-state index >= 15 is 0 Å². The molecule has 0 radical (unpaired) electrons. The lowest BCUT2D eigenvalue weighted by Gasteiger charge is -2.34. The molecule has 1 aliphatic heterocycles. The Labute approximate surface area is 79.0 Å². The number of likely N-dealkylation sites (tertiary alicyclic amines) is 1. The van der Waals surface area contributed by atoms with Gasteiger partial charge in [0.2, 0.25) is 5.91 Å². The number of carbonyl (C=O) groups excluding carboxylic acids is 1. The minimum Gasteiger partial charge on any atom is -0.396 e. The molecule has 3 nitrogen and oxygen atoms in total. The van der Waals surface area contributed by atoms with Gasteiger partial charge in [0, 0.05) is 19.2 Å². The van der Waals surface area contributed by atoms with Crippen LogP contribution in [0, 0.1) is 0 Å². The molecule has 0 aliphatic carbocycles. The normalized spacial score (nSPS) is 22.8. The molecule has 1 rings (SSSR count). The van der Waals surface area contributed by atoms with Crippen LogP contribution in [0.5, 0.6) is 0 Å². The molecule has 0 bridgehead atoms. The van der Waals surface area contributed by atoms with Crippen LogP contribution in [0.2, 0.25) is 0 Å². The lowest BCUT2D eigenvalue weighted by atomic mass is 9.99. The number of aliphatic hydroxyl groups is 1. The Hall–Kier alpha value is -0.830. The van der Waals surface area contributed by atoms with Gasteiger partial charge in [-0.2, -0.15) is 0 Å². The van der Waals surface area contributed by atoms with E-state index in [1.54, 1.807) is 0 Å². The first-order valence-corrected chi connectivity index (χ1v) is 4.83. The SMILES string of the molecule is C=CC(=O)N1CCCCC1CCO. The lowest BCUT2D eigenvalue weighted by Crippen LogP contribution is -2.43. The van der Waals surface area contributed by atoms with E-state index in [9.17, 15) is 4.79 Å². The first-order chi connectivity index (χ1) is 6.29. The van der Waals surface area contributed by atoms with Gasteiger partial charge in [-0.05, 0) is 31.8 Å². The monoisotopic (exact) mass is 183 g/mol. The molecule has 1 saturated heterocycles. The van der Waals surface area contributed by atoms with Gasteiger partial charge in [0.05, 0.1) is 0 Å². The van der Waals surface area contributed by atoms with E-state index < -0.39 is 0 Å². The maximum absolute atomic E-state index is 11.4. The molecule has 1 N–H and O–H groups in total. The van der Waals surface area contributed by atoms with Gasteiger partial charge in [-0.15, -0.1) is 0 Å². The standard InChI is InChI=1S/C10H17NO2/c1-2-10(13)11-7-4-3-5-9(11)6-8-12/h2,9,12H,1,3-8H2. The number of piperidine rings is 1. The molecule has 0 aromatic rings. The molecule has 1 fully saturated rings. The summed E-state index contributed by atoms with van der Waals surface area (Å²) in [7, 11) is 0. The summed E-state index contributed by atoms with van der Waals surface area (Å²) in [6.07, 6.45) is 5.29. The predicted octanol–water partition coefficient (Wildman–Crippen LogP) is 0.936. The number of aliphatic hydroxyl groups excluding tert-OH is 1. The third-order valence-corrected chi connectivity index (χ3v) is 2.55. The zero-order chi connectivity index (χ0) is 9.68. The molecular weight excluding hydrogens is 166 g/mol. The van der Waals surface area contributed by atoms with E-state index in [0.717, 1.165) is 25.8 Å². The summed E-state index contributed by atoms with van der Waals surface area (Å²) in [6, 6.07) is 0.226. The number of hydrogen-bond acceptors (Lipinski definition) is 2. The molecule has 74 valence electrons. The number of carbonyl (C=O) groups is 1. The maximum Gasteiger partial charge on any atom is 0.246 e. The van der Waals surface area contributed by atoms with Crippen molar-refractivity contribution < 1.29 is 9.90 Å². The van der Waals surface area contributed by atoms with Gasteiger partial charge >= 0.3 is 0 Å². The third-order valence-electron chi connectivity index (χ3n) is 2.55. The highest BCUT2D eigenvalue weighted by atomic mass is 16.3. The Morgan fingerprint density at radius 3 is 3.00 bits per heavy atom. The summed E-state index contributed by atoms with van der Waals surface area (Å²) in [6.45, 7) is 4.45. The van der Waals surface area contributed by atoms with Crippen LogP contribution in [0.1, 0.15) is 25.7 Å². The van der Waals surface area contributed by atoms with Crippen molar-refractivity contribution in [3.05, 3.63) is 12.7 Å². The van der Waals surface area contributed by atoms with Gasteiger partial charge in [-0.25, -0.2) is 0 Å². The summed E-state index contributed by atoms with van der Waals surface area (Å²) in [4.78, 5) is 13.2. The number of rotatable bonds is 3. The second kappa shape index (κ2) is 5.02. The lowest BCUT2D eigenvalue weighted by molar-refractivity contribution is -0.129. The molecule has 0 spiro atoms. The molecule has 1 amide bonds. The molecule has 13 heavy (non-hydrogen) atoms. The van der Waals surface area contributed by atoms with E-state index in [1.165, 1.54) is 6.08 Å². The second-order valence-electron chi connectivity index (χ2n) is 3.40. The van der Waals surface area contributed by atoms with Gasteiger partial charge in [0.15, 0.2) is 0 Å². The van der Waals surface area contributed by atoms with Crippen molar-refractivity contribution in [1.29, 1.82) is 0 Å². The highest BCUT2D eigenvalue weighted by molar-refractivity contribution is 5.87. The Balaban J connectivity index is 2.55. The minimum atomic E-state index is -0.00171. The summed E-state index contributed by atoms with van der Waals surface area (Å²) in [5.74, 6) is -0.00171. The smallest absolute Gasteiger partial charge is 0.246 e. The van der Waals surface area contributed by atoms with Crippen molar-refractivity contribution in [3.8, 4) is 0 Å². The molecule has 3 heteroatoms. The van der Waals surface area contributed by atoms with Crippen LogP contribution in [-0.2, 0) is 4.79 Å². The van der Waals surface area contributed by atoms with Crippen molar-refractivity contribution in [2.45, 2.75) is 31.7 Å². The van der Waals surface area contributed by atoms with Crippen LogP contribution in [0.4, 0.5) is 0 Å². The fourth-order valence-electron chi connectivity index (χ4n) is 1.86. The van der Waals surface area contributed by atoms with Crippen LogP contribution in [0.3, 0.4) is 0 Å². The first kappa shape index (κ1) is 10.3. The summed E-state index contributed by atoms with van der Waals surface area (Å²) in [5.41, 5.74) is 0. The average Bonchev–Trinajstić information content (AvgIpc) is 2.18.